The summed E-state index contributed by atoms with van der Waals surface area (Å²) in [5.74, 6) is 0.661. The molecule has 3 aliphatic rings. The molecule has 5 heteroatoms. The number of anilines is 1. The number of rotatable bonds is 2. The van der Waals surface area contributed by atoms with Crippen molar-refractivity contribution < 1.29 is 0 Å². The van der Waals surface area contributed by atoms with Crippen LogP contribution in [0.15, 0.2) is 30.5 Å². The molecule has 1 spiro atoms. The molecule has 3 heterocycles. The van der Waals surface area contributed by atoms with Gasteiger partial charge >= 0.3 is 0 Å². The van der Waals surface area contributed by atoms with Gasteiger partial charge in [-0.1, -0.05) is 48.4 Å². The van der Waals surface area contributed by atoms with Gasteiger partial charge < -0.3 is 4.90 Å². The van der Waals surface area contributed by atoms with Crippen LogP contribution in [0.5, 0.6) is 0 Å². The lowest BCUT2D eigenvalue weighted by Crippen LogP contribution is -2.37. The van der Waals surface area contributed by atoms with E-state index in [9.17, 15) is 0 Å². The lowest BCUT2D eigenvalue weighted by atomic mass is 9.87. The Bertz CT molecular complexity index is 914. The molecule has 25 heavy (non-hydrogen) atoms. The first-order chi connectivity index (χ1) is 12.3. The molecule has 1 aromatic carbocycles. The number of benzene rings is 1. The molecule has 6 rings (SSSR count). The highest BCUT2D eigenvalue weighted by Gasteiger charge is 2.49. The van der Waals surface area contributed by atoms with Crippen molar-refractivity contribution in [3.05, 3.63) is 47.3 Å². The molecule has 2 aromatic heterocycles. The number of fused-ring (bicyclic) bond motifs is 3. The summed E-state index contributed by atoms with van der Waals surface area (Å²) >= 11 is 1.75. The third kappa shape index (κ3) is 2.18. The van der Waals surface area contributed by atoms with E-state index in [1.165, 1.54) is 49.8 Å². The standard InChI is InChI=1S/C20H22N4S/c1-2-6-14(5-1)17-12-24-18(21-17)25-19(22-24)23-11-15-7-3-4-8-16(15)20(13-23)9-10-20/h3-4,7-8,12,14H,1-2,5-6,9-11,13H2. The van der Waals surface area contributed by atoms with E-state index in [4.69, 9.17) is 10.1 Å². The molecule has 0 atom stereocenters. The molecule has 2 fully saturated rings. The molecule has 128 valence electrons. The molecule has 0 unspecified atom stereocenters. The van der Waals surface area contributed by atoms with Crippen LogP contribution in [0.25, 0.3) is 4.96 Å². The van der Waals surface area contributed by atoms with Crippen LogP contribution in [0.3, 0.4) is 0 Å². The Kier molecular flexibility index (Phi) is 2.90. The van der Waals surface area contributed by atoms with Gasteiger partial charge in [-0.05, 0) is 36.8 Å². The van der Waals surface area contributed by atoms with Gasteiger partial charge in [0.2, 0.25) is 10.1 Å². The van der Waals surface area contributed by atoms with Crippen molar-refractivity contribution in [2.45, 2.75) is 56.4 Å². The first-order valence-corrected chi connectivity index (χ1v) is 10.3. The number of imidazole rings is 1. The summed E-state index contributed by atoms with van der Waals surface area (Å²) in [7, 11) is 0. The van der Waals surface area contributed by atoms with E-state index >= 15 is 0 Å². The van der Waals surface area contributed by atoms with Crippen molar-refractivity contribution in [3.63, 3.8) is 0 Å². The fraction of sp³-hybridized carbons (Fsp3) is 0.500. The molecular weight excluding hydrogens is 328 g/mol. The number of aromatic nitrogens is 3. The lowest BCUT2D eigenvalue weighted by molar-refractivity contribution is 0.589. The Balaban J connectivity index is 1.33. The summed E-state index contributed by atoms with van der Waals surface area (Å²) in [5, 5.41) is 6.02. The van der Waals surface area contributed by atoms with E-state index in [0.717, 1.165) is 23.2 Å². The van der Waals surface area contributed by atoms with Crippen molar-refractivity contribution in [3.8, 4) is 0 Å². The van der Waals surface area contributed by atoms with Gasteiger partial charge in [-0.15, -0.1) is 5.10 Å². The average Bonchev–Trinajstić information content (AvgIpc) is 3.01. The lowest BCUT2D eigenvalue weighted by Gasteiger charge is -2.34. The van der Waals surface area contributed by atoms with Crippen LogP contribution in [-0.4, -0.2) is 21.1 Å². The summed E-state index contributed by atoms with van der Waals surface area (Å²) < 4.78 is 2.02. The van der Waals surface area contributed by atoms with E-state index in [-0.39, 0.29) is 0 Å². The van der Waals surface area contributed by atoms with Crippen LogP contribution in [0, 0.1) is 0 Å². The molecule has 0 N–H and O–H groups in total. The maximum atomic E-state index is 4.90. The second kappa shape index (κ2) is 5.07. The van der Waals surface area contributed by atoms with Crippen LogP contribution >= 0.6 is 11.3 Å². The maximum absolute atomic E-state index is 4.90. The minimum Gasteiger partial charge on any atom is -0.341 e. The highest BCUT2D eigenvalue weighted by atomic mass is 32.1. The van der Waals surface area contributed by atoms with Gasteiger partial charge in [0.25, 0.3) is 0 Å². The predicted octanol–water partition coefficient (Wildman–Crippen LogP) is 4.50. The van der Waals surface area contributed by atoms with Gasteiger partial charge in [-0.2, -0.15) is 0 Å². The second-order valence-corrected chi connectivity index (χ2v) is 8.99. The zero-order valence-electron chi connectivity index (χ0n) is 14.3. The van der Waals surface area contributed by atoms with Crippen LogP contribution in [0.2, 0.25) is 0 Å². The minimum absolute atomic E-state index is 0.387. The SMILES string of the molecule is c1ccc2c(c1)CN(c1nn3cc(C4CCCC4)nc3s1)CC21CC1. The first kappa shape index (κ1) is 14.3. The summed E-state index contributed by atoms with van der Waals surface area (Å²) in [6, 6.07) is 8.98. The van der Waals surface area contributed by atoms with E-state index in [1.807, 2.05) is 4.52 Å². The van der Waals surface area contributed by atoms with E-state index in [0.29, 0.717) is 11.3 Å². The van der Waals surface area contributed by atoms with Crippen LogP contribution in [-0.2, 0) is 12.0 Å². The quantitative estimate of drug-likeness (QED) is 0.682. The molecule has 2 saturated carbocycles. The molecule has 4 nitrogen and oxygen atoms in total. The monoisotopic (exact) mass is 350 g/mol. The largest absolute Gasteiger partial charge is 0.341 e. The van der Waals surface area contributed by atoms with Crippen molar-refractivity contribution in [1.29, 1.82) is 0 Å². The minimum atomic E-state index is 0.387. The fourth-order valence-corrected chi connectivity index (χ4v) is 5.74. The molecule has 1 aliphatic heterocycles. The zero-order valence-corrected chi connectivity index (χ0v) is 15.1. The molecule has 0 amide bonds. The van der Waals surface area contributed by atoms with Crippen LogP contribution < -0.4 is 4.90 Å². The van der Waals surface area contributed by atoms with Gasteiger partial charge in [0.05, 0.1) is 11.9 Å². The number of hydrogen-bond donors (Lipinski definition) is 0. The maximum Gasteiger partial charge on any atom is 0.214 e. The molecular formula is C20H22N4S. The van der Waals surface area contributed by atoms with Crippen molar-refractivity contribution in [1.82, 2.24) is 14.6 Å². The molecule has 0 radical (unpaired) electrons. The third-order valence-electron chi connectivity index (χ3n) is 6.39. The van der Waals surface area contributed by atoms with E-state index < -0.39 is 0 Å². The van der Waals surface area contributed by atoms with Crippen molar-refractivity contribution in [2.24, 2.45) is 0 Å². The number of nitrogens with zero attached hydrogens (tertiary/aromatic N) is 4. The van der Waals surface area contributed by atoms with Gasteiger partial charge in [0.1, 0.15) is 0 Å². The van der Waals surface area contributed by atoms with Crippen LogP contribution in [0.1, 0.15) is 61.3 Å². The van der Waals surface area contributed by atoms with Gasteiger partial charge in [-0.3, -0.25) is 0 Å². The van der Waals surface area contributed by atoms with E-state index in [1.54, 1.807) is 16.9 Å². The Hall–Kier alpha value is -1.88. The number of hydrogen-bond acceptors (Lipinski definition) is 4. The smallest absolute Gasteiger partial charge is 0.214 e. The second-order valence-electron chi connectivity index (χ2n) is 8.05. The van der Waals surface area contributed by atoms with Crippen molar-refractivity contribution >= 4 is 21.4 Å². The Morgan fingerprint density at radius 3 is 2.76 bits per heavy atom. The Labute approximate surface area is 151 Å². The van der Waals surface area contributed by atoms with Gasteiger partial charge in [0.15, 0.2) is 0 Å². The van der Waals surface area contributed by atoms with Gasteiger partial charge in [0, 0.05) is 24.4 Å². The zero-order chi connectivity index (χ0) is 16.4. The highest BCUT2D eigenvalue weighted by Crippen LogP contribution is 2.53. The average molecular weight is 350 g/mol. The summed E-state index contributed by atoms with van der Waals surface area (Å²) in [5.41, 5.74) is 4.70. The fourth-order valence-electron chi connectivity index (χ4n) is 4.85. The van der Waals surface area contributed by atoms with E-state index in [2.05, 4.69) is 35.4 Å². The highest BCUT2D eigenvalue weighted by molar-refractivity contribution is 7.20. The molecule has 0 saturated heterocycles. The molecule has 3 aromatic rings. The first-order valence-electron chi connectivity index (χ1n) is 9.50. The van der Waals surface area contributed by atoms with Crippen LogP contribution in [0.4, 0.5) is 5.13 Å². The van der Waals surface area contributed by atoms with Gasteiger partial charge in [-0.25, -0.2) is 9.50 Å². The Morgan fingerprint density at radius 2 is 1.96 bits per heavy atom. The molecule has 0 bridgehead atoms. The normalized spacial score (nSPS) is 22.0. The third-order valence-corrected chi connectivity index (χ3v) is 7.38. The summed E-state index contributed by atoms with van der Waals surface area (Å²) in [6.07, 6.45) is 10.1. The van der Waals surface area contributed by atoms with Crippen molar-refractivity contribution in [2.75, 3.05) is 11.4 Å². The summed E-state index contributed by atoms with van der Waals surface area (Å²) in [6.45, 7) is 2.08. The summed E-state index contributed by atoms with van der Waals surface area (Å²) in [4.78, 5) is 8.43. The Morgan fingerprint density at radius 1 is 1.12 bits per heavy atom. The topological polar surface area (TPSA) is 33.4 Å². The molecule has 2 aliphatic carbocycles. The predicted molar refractivity (Wildman–Crippen MR) is 100 cm³/mol.